The maximum absolute atomic E-state index is 2.65. The smallest absolute Gasteiger partial charge is 0.00800 e. The first-order chi connectivity index (χ1) is 14.0. The van der Waals surface area contributed by atoms with E-state index in [4.69, 9.17) is 0 Å². The molecule has 0 saturated heterocycles. The Balaban J connectivity index is 1.68. The molecule has 0 bridgehead atoms. The van der Waals surface area contributed by atoms with E-state index in [-0.39, 0.29) is 0 Å². The van der Waals surface area contributed by atoms with Crippen molar-refractivity contribution < 1.29 is 0 Å². The Morgan fingerprint density at radius 1 is 0.933 bits per heavy atom. The summed E-state index contributed by atoms with van der Waals surface area (Å²) in [5.41, 5.74) is 8.34. The van der Waals surface area contributed by atoms with Crippen molar-refractivity contribution in [2.75, 3.05) is 0 Å². The zero-order valence-electron chi connectivity index (χ0n) is 21.6. The van der Waals surface area contributed by atoms with Gasteiger partial charge in [0.15, 0.2) is 0 Å². The number of fused-ring (bicyclic) bond motifs is 2. The molecule has 0 heterocycles. The minimum Gasteiger partial charge on any atom is -0.0856 e. The van der Waals surface area contributed by atoms with Crippen molar-refractivity contribution in [2.24, 2.45) is 28.1 Å². The number of hydrogen-bond donors (Lipinski definition) is 0. The highest BCUT2D eigenvalue weighted by atomic mass is 14.6. The molecule has 0 radical (unpaired) electrons. The minimum atomic E-state index is 0.453. The van der Waals surface area contributed by atoms with Crippen LogP contribution in [0.2, 0.25) is 0 Å². The topological polar surface area (TPSA) is 0 Å². The summed E-state index contributed by atoms with van der Waals surface area (Å²) < 4.78 is 0. The van der Waals surface area contributed by atoms with Gasteiger partial charge in [-0.15, -0.1) is 0 Å². The molecule has 3 rings (SSSR count). The van der Waals surface area contributed by atoms with Crippen molar-refractivity contribution >= 4 is 0 Å². The third kappa shape index (κ3) is 4.54. The maximum atomic E-state index is 2.65. The van der Waals surface area contributed by atoms with Crippen molar-refractivity contribution in [1.82, 2.24) is 0 Å². The minimum absolute atomic E-state index is 0.453. The Morgan fingerprint density at radius 3 is 2.37 bits per heavy atom. The maximum Gasteiger partial charge on any atom is -0.00800 e. The molecule has 0 nitrogen and oxygen atoms in total. The molecule has 30 heavy (non-hydrogen) atoms. The molecular weight excluding hydrogens is 360 g/mol. The van der Waals surface area contributed by atoms with Gasteiger partial charge in [0.05, 0.1) is 0 Å². The van der Waals surface area contributed by atoms with Gasteiger partial charge in [0.2, 0.25) is 0 Å². The van der Waals surface area contributed by atoms with E-state index in [0.717, 1.165) is 11.8 Å². The summed E-state index contributed by atoms with van der Waals surface area (Å²) in [5, 5.41) is 0. The van der Waals surface area contributed by atoms with Crippen LogP contribution < -0.4 is 0 Å². The van der Waals surface area contributed by atoms with Crippen LogP contribution in [0.3, 0.4) is 0 Å². The molecule has 0 spiro atoms. The highest BCUT2D eigenvalue weighted by Gasteiger charge is 2.55. The summed E-state index contributed by atoms with van der Waals surface area (Å²) in [6.45, 7) is 19.7. The molecule has 0 aromatic heterocycles. The summed E-state index contributed by atoms with van der Waals surface area (Å²) in [7, 11) is 0. The molecule has 0 aromatic carbocycles. The Labute approximate surface area is 188 Å². The van der Waals surface area contributed by atoms with E-state index in [0.29, 0.717) is 16.2 Å². The summed E-state index contributed by atoms with van der Waals surface area (Å²) in [5.74, 6) is 1.70. The van der Waals surface area contributed by atoms with Gasteiger partial charge in [-0.2, -0.15) is 0 Å². The molecule has 1 fully saturated rings. The third-order valence-corrected chi connectivity index (χ3v) is 9.82. The molecule has 170 valence electrons. The third-order valence-electron chi connectivity index (χ3n) is 9.82. The first kappa shape index (κ1) is 23.9. The van der Waals surface area contributed by atoms with Crippen LogP contribution in [0.5, 0.6) is 0 Å². The molecule has 4 atom stereocenters. The van der Waals surface area contributed by atoms with E-state index in [9.17, 15) is 0 Å². The lowest BCUT2D eigenvalue weighted by Gasteiger charge is -2.55. The Bertz CT molecular complexity index is 710. The van der Waals surface area contributed by atoms with Gasteiger partial charge in [-0.05, 0) is 113 Å². The molecule has 3 aliphatic rings. The summed E-state index contributed by atoms with van der Waals surface area (Å²) in [4.78, 5) is 0. The van der Waals surface area contributed by atoms with Crippen molar-refractivity contribution in [1.29, 1.82) is 0 Å². The van der Waals surface area contributed by atoms with E-state index < -0.39 is 0 Å². The average molecular weight is 411 g/mol. The van der Waals surface area contributed by atoms with Gasteiger partial charge in [0, 0.05) is 0 Å². The molecule has 0 aromatic rings. The van der Waals surface area contributed by atoms with Gasteiger partial charge in [0.25, 0.3) is 0 Å². The van der Waals surface area contributed by atoms with Crippen LogP contribution >= 0.6 is 0 Å². The van der Waals surface area contributed by atoms with E-state index in [1.807, 2.05) is 11.1 Å². The van der Waals surface area contributed by atoms with Crippen molar-refractivity contribution in [3.8, 4) is 0 Å². The lowest BCUT2D eigenvalue weighted by Crippen LogP contribution is -2.45. The summed E-state index contributed by atoms with van der Waals surface area (Å²) >= 11 is 0. The van der Waals surface area contributed by atoms with Gasteiger partial charge < -0.3 is 0 Å². The highest BCUT2D eigenvalue weighted by Crippen LogP contribution is 2.66. The van der Waals surface area contributed by atoms with Crippen LogP contribution in [0, 0.1) is 28.1 Å². The molecule has 0 N–H and O–H groups in total. The van der Waals surface area contributed by atoms with E-state index in [1.54, 1.807) is 5.57 Å². The number of rotatable bonds is 7. The van der Waals surface area contributed by atoms with Crippen LogP contribution in [0.25, 0.3) is 0 Å². The number of hydrogen-bond acceptors (Lipinski definition) is 0. The van der Waals surface area contributed by atoms with Crippen LogP contribution in [0.1, 0.15) is 126 Å². The van der Waals surface area contributed by atoms with E-state index >= 15 is 0 Å². The van der Waals surface area contributed by atoms with Crippen LogP contribution in [0.15, 0.2) is 34.4 Å². The van der Waals surface area contributed by atoms with Gasteiger partial charge in [0.1, 0.15) is 0 Å². The quantitative estimate of drug-likeness (QED) is 0.366. The highest BCUT2D eigenvalue weighted by molar-refractivity contribution is 5.37. The molecule has 0 heteroatoms. The first-order valence-electron chi connectivity index (χ1n) is 13.0. The normalized spacial score (nSPS) is 34.4. The first-order valence-corrected chi connectivity index (χ1v) is 13.0. The fourth-order valence-corrected chi connectivity index (χ4v) is 7.71. The molecular formula is C30H50. The Hall–Kier alpha value is -0.780. The lowest BCUT2D eigenvalue weighted by molar-refractivity contribution is 0.0106. The van der Waals surface area contributed by atoms with E-state index in [1.165, 1.54) is 76.2 Å². The Morgan fingerprint density at radius 2 is 1.67 bits per heavy atom. The largest absolute Gasteiger partial charge is 0.0856 e. The van der Waals surface area contributed by atoms with Gasteiger partial charge in [-0.3, -0.25) is 0 Å². The van der Waals surface area contributed by atoms with Crippen molar-refractivity contribution in [3.05, 3.63) is 34.4 Å². The predicted molar refractivity (Wildman–Crippen MR) is 134 cm³/mol. The standard InChI is InChI=1S/C30H50/c1-22(2)12-9-13-23(3)14-10-15-24(4)29(7)21-18-26-25(29)16-17-27-28(5,6)19-11-20-30(26,27)8/h12,14,24,27H,9-11,13,15-21H2,1-8H3/b23-14+/t24?,27?,29-,30-/m1/s1. The average Bonchev–Trinajstić information content (AvgIpc) is 3.00. The second-order valence-corrected chi connectivity index (χ2v) is 12.6. The summed E-state index contributed by atoms with van der Waals surface area (Å²) in [6.07, 6.45) is 19.9. The molecule has 1 saturated carbocycles. The molecule has 2 unspecified atom stereocenters. The zero-order chi connectivity index (χ0) is 22.2. The second-order valence-electron chi connectivity index (χ2n) is 12.6. The Kier molecular flexibility index (Phi) is 7.16. The monoisotopic (exact) mass is 410 g/mol. The van der Waals surface area contributed by atoms with Gasteiger partial charge >= 0.3 is 0 Å². The SMILES string of the molecule is CC(C)=CCC/C(C)=C/CCC(C)[C@@]1(C)CCC2=C1CCC1C(C)(C)CCC[C@]21C. The van der Waals surface area contributed by atoms with Gasteiger partial charge in [-0.25, -0.2) is 0 Å². The van der Waals surface area contributed by atoms with Gasteiger partial charge in [-0.1, -0.05) is 75.5 Å². The molecule has 3 aliphatic carbocycles. The fourth-order valence-electron chi connectivity index (χ4n) is 7.71. The predicted octanol–water partition coefficient (Wildman–Crippen LogP) is 9.82. The number of allylic oxidation sites excluding steroid dienone is 6. The van der Waals surface area contributed by atoms with Crippen molar-refractivity contribution in [3.63, 3.8) is 0 Å². The van der Waals surface area contributed by atoms with Crippen molar-refractivity contribution in [2.45, 2.75) is 126 Å². The zero-order valence-corrected chi connectivity index (χ0v) is 21.6. The molecule has 0 aliphatic heterocycles. The lowest BCUT2D eigenvalue weighted by atomic mass is 9.49. The molecule has 0 amide bonds. The van der Waals surface area contributed by atoms with Crippen LogP contribution in [-0.2, 0) is 0 Å². The van der Waals surface area contributed by atoms with Crippen LogP contribution in [-0.4, -0.2) is 0 Å². The summed E-state index contributed by atoms with van der Waals surface area (Å²) in [6, 6.07) is 0. The fraction of sp³-hybridized carbons (Fsp3) is 0.800. The van der Waals surface area contributed by atoms with E-state index in [2.05, 4.69) is 67.5 Å². The second kappa shape index (κ2) is 8.99. The van der Waals surface area contributed by atoms with Crippen LogP contribution in [0.4, 0.5) is 0 Å².